The number of benzene rings is 1. The number of carbonyl (C=O) groups is 1. The van der Waals surface area contributed by atoms with E-state index in [9.17, 15) is 14.9 Å². The summed E-state index contributed by atoms with van der Waals surface area (Å²) < 4.78 is 5.39. The van der Waals surface area contributed by atoms with E-state index in [1.807, 2.05) is 4.90 Å². The molecule has 0 atom stereocenters. The lowest BCUT2D eigenvalue weighted by atomic mass is 10.1. The van der Waals surface area contributed by atoms with Gasteiger partial charge in [0, 0.05) is 63.8 Å². The highest BCUT2D eigenvalue weighted by Crippen LogP contribution is 2.28. The van der Waals surface area contributed by atoms with Crippen LogP contribution in [0.15, 0.2) is 36.7 Å². The first-order chi connectivity index (χ1) is 14.1. The van der Waals surface area contributed by atoms with E-state index in [0.29, 0.717) is 64.0 Å². The first-order valence-corrected chi connectivity index (χ1v) is 9.56. The normalized spacial score (nSPS) is 17.3. The van der Waals surface area contributed by atoms with Gasteiger partial charge in [0.1, 0.15) is 0 Å². The van der Waals surface area contributed by atoms with Crippen LogP contribution in [0.3, 0.4) is 0 Å². The second-order valence-electron chi connectivity index (χ2n) is 6.89. The van der Waals surface area contributed by atoms with Gasteiger partial charge in [-0.2, -0.15) is 0 Å². The van der Waals surface area contributed by atoms with Gasteiger partial charge in [-0.25, -0.2) is 9.97 Å². The van der Waals surface area contributed by atoms with E-state index in [4.69, 9.17) is 4.74 Å². The van der Waals surface area contributed by atoms with Crippen LogP contribution in [0.4, 0.5) is 17.3 Å². The fraction of sp³-hybridized carbons (Fsp3) is 0.421. The van der Waals surface area contributed by atoms with Crippen molar-refractivity contribution in [1.82, 2.24) is 14.9 Å². The third kappa shape index (κ3) is 4.11. The van der Waals surface area contributed by atoms with Crippen LogP contribution in [0.5, 0.6) is 0 Å². The Labute approximate surface area is 167 Å². The molecule has 3 heterocycles. The highest BCUT2D eigenvalue weighted by Gasteiger charge is 2.28. The predicted octanol–water partition coefficient (Wildman–Crippen LogP) is 1.18. The Bertz CT molecular complexity index is 880. The van der Waals surface area contributed by atoms with Crippen LogP contribution in [0.1, 0.15) is 10.4 Å². The minimum absolute atomic E-state index is 0.0818. The minimum atomic E-state index is -0.468. The fourth-order valence-electron chi connectivity index (χ4n) is 3.62. The maximum absolute atomic E-state index is 13.3. The van der Waals surface area contributed by atoms with Gasteiger partial charge in [0.2, 0.25) is 5.95 Å². The van der Waals surface area contributed by atoms with E-state index in [-0.39, 0.29) is 11.6 Å². The molecule has 2 saturated heterocycles. The van der Waals surface area contributed by atoms with Gasteiger partial charge in [-0.15, -0.1) is 0 Å². The Morgan fingerprint density at radius 2 is 1.69 bits per heavy atom. The maximum atomic E-state index is 13.3. The van der Waals surface area contributed by atoms with Crippen LogP contribution in [0.25, 0.3) is 0 Å². The number of anilines is 2. The van der Waals surface area contributed by atoms with Gasteiger partial charge in [0.05, 0.1) is 29.4 Å². The Balaban J connectivity index is 1.54. The molecule has 0 aliphatic carbocycles. The van der Waals surface area contributed by atoms with Gasteiger partial charge in [0.15, 0.2) is 0 Å². The molecule has 2 aliphatic rings. The molecule has 0 bridgehead atoms. The van der Waals surface area contributed by atoms with Crippen LogP contribution in [0, 0.1) is 10.1 Å². The van der Waals surface area contributed by atoms with Crippen LogP contribution in [0.2, 0.25) is 0 Å². The van der Waals surface area contributed by atoms with E-state index in [1.54, 1.807) is 29.4 Å². The van der Waals surface area contributed by atoms with Crippen molar-refractivity contribution in [2.75, 3.05) is 62.3 Å². The first-order valence-electron chi connectivity index (χ1n) is 9.56. The molecule has 0 saturated carbocycles. The zero-order valence-corrected chi connectivity index (χ0v) is 15.9. The molecule has 1 amide bonds. The molecule has 2 aliphatic heterocycles. The van der Waals surface area contributed by atoms with Gasteiger partial charge in [0.25, 0.3) is 11.6 Å². The fourth-order valence-corrected chi connectivity index (χ4v) is 3.62. The van der Waals surface area contributed by atoms with E-state index in [0.717, 1.165) is 5.69 Å². The number of nitro benzene ring substituents is 1. The van der Waals surface area contributed by atoms with Crippen molar-refractivity contribution in [2.24, 2.45) is 0 Å². The third-order valence-corrected chi connectivity index (χ3v) is 5.18. The monoisotopic (exact) mass is 398 g/mol. The molecule has 2 fully saturated rings. The van der Waals surface area contributed by atoms with Gasteiger partial charge < -0.3 is 19.4 Å². The summed E-state index contributed by atoms with van der Waals surface area (Å²) >= 11 is 0. The molecular weight excluding hydrogens is 376 g/mol. The van der Waals surface area contributed by atoms with Crippen LogP contribution in [-0.4, -0.2) is 78.2 Å². The summed E-state index contributed by atoms with van der Waals surface area (Å²) in [5.74, 6) is 0.452. The number of rotatable bonds is 4. The van der Waals surface area contributed by atoms with E-state index in [2.05, 4.69) is 14.9 Å². The predicted molar refractivity (Wildman–Crippen MR) is 106 cm³/mol. The summed E-state index contributed by atoms with van der Waals surface area (Å²) in [4.78, 5) is 38.4. The Morgan fingerprint density at radius 3 is 2.34 bits per heavy atom. The largest absolute Gasteiger partial charge is 0.378 e. The van der Waals surface area contributed by atoms with Crippen LogP contribution >= 0.6 is 0 Å². The lowest BCUT2D eigenvalue weighted by Crippen LogP contribution is -2.49. The summed E-state index contributed by atoms with van der Waals surface area (Å²) in [6, 6.07) is 6.27. The van der Waals surface area contributed by atoms with Gasteiger partial charge in [-0.1, -0.05) is 0 Å². The third-order valence-electron chi connectivity index (χ3n) is 5.18. The number of piperazine rings is 1. The van der Waals surface area contributed by atoms with Crippen LogP contribution in [-0.2, 0) is 4.74 Å². The topological polar surface area (TPSA) is 105 Å². The molecule has 1 aromatic heterocycles. The molecule has 0 N–H and O–H groups in total. The standard InChI is InChI=1S/C19H22N6O4/c26-18(23-6-8-24(9-7-23)19-20-4-1-5-21-19)16-14-15(25(27)28)2-3-17(16)22-10-12-29-13-11-22/h1-5,14H,6-13H2. The number of ether oxygens (including phenoxy) is 1. The number of aromatic nitrogens is 2. The van der Waals surface area contributed by atoms with Crippen LogP contribution < -0.4 is 9.80 Å². The summed E-state index contributed by atoms with van der Waals surface area (Å²) in [5, 5.41) is 11.3. The lowest BCUT2D eigenvalue weighted by Gasteiger charge is -2.36. The molecule has 10 nitrogen and oxygen atoms in total. The number of amides is 1. The zero-order valence-electron chi connectivity index (χ0n) is 15.9. The number of nitro groups is 1. The molecule has 4 rings (SSSR count). The highest BCUT2D eigenvalue weighted by atomic mass is 16.6. The molecule has 29 heavy (non-hydrogen) atoms. The van der Waals surface area contributed by atoms with E-state index < -0.39 is 4.92 Å². The Kier molecular flexibility index (Phi) is 5.52. The number of morpholine rings is 1. The zero-order chi connectivity index (χ0) is 20.2. The number of hydrogen-bond donors (Lipinski definition) is 0. The van der Waals surface area contributed by atoms with Crippen molar-refractivity contribution >= 4 is 23.2 Å². The molecule has 2 aromatic rings. The SMILES string of the molecule is O=C(c1cc([N+](=O)[O-])ccc1N1CCOCC1)N1CCN(c2ncccn2)CC1. The quantitative estimate of drug-likeness (QED) is 0.559. The number of carbonyl (C=O) groups excluding carboxylic acids is 1. The maximum Gasteiger partial charge on any atom is 0.270 e. The van der Waals surface area contributed by atoms with Gasteiger partial charge >= 0.3 is 0 Å². The average molecular weight is 398 g/mol. The molecule has 0 radical (unpaired) electrons. The number of non-ortho nitro benzene ring substituents is 1. The first kappa shape index (κ1) is 19.1. The summed E-state index contributed by atoms with van der Waals surface area (Å²) in [6.45, 7) is 4.66. The van der Waals surface area contributed by atoms with Gasteiger partial charge in [-0.05, 0) is 12.1 Å². The van der Waals surface area contributed by atoms with Crippen molar-refractivity contribution < 1.29 is 14.5 Å². The van der Waals surface area contributed by atoms with Crippen molar-refractivity contribution in [3.05, 3.63) is 52.3 Å². The average Bonchev–Trinajstić information content (AvgIpc) is 2.79. The number of hydrogen-bond acceptors (Lipinski definition) is 8. The molecule has 0 spiro atoms. The molecule has 1 aromatic carbocycles. The minimum Gasteiger partial charge on any atom is -0.378 e. The van der Waals surface area contributed by atoms with Crippen molar-refractivity contribution in [1.29, 1.82) is 0 Å². The van der Waals surface area contributed by atoms with E-state index >= 15 is 0 Å². The molecule has 152 valence electrons. The molecule has 10 heteroatoms. The summed E-state index contributed by atoms with van der Waals surface area (Å²) in [5.41, 5.74) is 1.00. The van der Waals surface area contributed by atoms with Crippen molar-refractivity contribution in [2.45, 2.75) is 0 Å². The second-order valence-corrected chi connectivity index (χ2v) is 6.89. The highest BCUT2D eigenvalue weighted by molar-refractivity contribution is 6.00. The Morgan fingerprint density at radius 1 is 1.00 bits per heavy atom. The second kappa shape index (κ2) is 8.39. The van der Waals surface area contributed by atoms with Gasteiger partial charge in [-0.3, -0.25) is 14.9 Å². The molecule has 0 unspecified atom stereocenters. The van der Waals surface area contributed by atoms with E-state index in [1.165, 1.54) is 12.1 Å². The van der Waals surface area contributed by atoms with Crippen molar-refractivity contribution in [3.8, 4) is 0 Å². The van der Waals surface area contributed by atoms with Crippen molar-refractivity contribution in [3.63, 3.8) is 0 Å². The number of nitrogens with zero attached hydrogens (tertiary/aromatic N) is 6. The summed E-state index contributed by atoms with van der Waals surface area (Å²) in [6.07, 6.45) is 3.38. The summed E-state index contributed by atoms with van der Waals surface area (Å²) in [7, 11) is 0. The Hall–Kier alpha value is -3.27. The lowest BCUT2D eigenvalue weighted by molar-refractivity contribution is -0.384. The smallest absolute Gasteiger partial charge is 0.270 e. The molecular formula is C19H22N6O4.